The fourth-order valence-electron chi connectivity index (χ4n) is 5.06. The number of carbonyl (C=O) groups excluding carboxylic acids is 2. The lowest BCUT2D eigenvalue weighted by molar-refractivity contribution is -0.166. The summed E-state index contributed by atoms with van der Waals surface area (Å²) in [7, 11) is 0. The van der Waals surface area contributed by atoms with Gasteiger partial charge in [-0.1, -0.05) is 72.8 Å². The minimum absolute atomic E-state index is 0.00454. The van der Waals surface area contributed by atoms with Gasteiger partial charge in [-0.05, 0) is 28.3 Å². The Morgan fingerprint density at radius 1 is 1.00 bits per heavy atom. The van der Waals surface area contributed by atoms with Crippen LogP contribution in [-0.2, 0) is 16.0 Å². The van der Waals surface area contributed by atoms with Crippen LogP contribution < -0.4 is 0 Å². The molecule has 172 valence electrons. The molecule has 3 atom stereocenters. The van der Waals surface area contributed by atoms with Crippen LogP contribution in [0.25, 0.3) is 12.2 Å². The average molecular weight is 454 g/mol. The summed E-state index contributed by atoms with van der Waals surface area (Å²) in [5.41, 5.74) is 4.13. The molecular weight excluding hydrogens is 426 g/mol. The van der Waals surface area contributed by atoms with Crippen molar-refractivity contribution in [2.24, 2.45) is 0 Å². The molecule has 5 rings (SSSR count). The van der Waals surface area contributed by atoms with Gasteiger partial charge in [-0.3, -0.25) is 14.6 Å². The van der Waals surface area contributed by atoms with Crippen molar-refractivity contribution in [3.63, 3.8) is 0 Å². The number of aromatic nitrogens is 1. The first kappa shape index (κ1) is 22.0. The monoisotopic (exact) mass is 453 g/mol. The van der Waals surface area contributed by atoms with E-state index >= 15 is 0 Å². The first-order chi connectivity index (χ1) is 16.6. The van der Waals surface area contributed by atoms with Crippen LogP contribution in [-0.4, -0.2) is 63.5 Å². The number of amides is 2. The Kier molecular flexibility index (Phi) is 6.23. The van der Waals surface area contributed by atoms with Gasteiger partial charge in [0.2, 0.25) is 11.8 Å². The van der Waals surface area contributed by atoms with Gasteiger partial charge in [-0.2, -0.15) is 0 Å². The van der Waals surface area contributed by atoms with Crippen molar-refractivity contribution in [1.29, 1.82) is 0 Å². The molecule has 0 aliphatic carbocycles. The zero-order valence-corrected chi connectivity index (χ0v) is 18.8. The van der Waals surface area contributed by atoms with E-state index < -0.39 is 0 Å². The zero-order chi connectivity index (χ0) is 23.5. The first-order valence-electron chi connectivity index (χ1n) is 11.6. The number of hydrogen-bond acceptors (Lipinski definition) is 4. The number of hydrogen-bond donors (Lipinski definition) is 1. The molecule has 6 nitrogen and oxygen atoms in total. The summed E-state index contributed by atoms with van der Waals surface area (Å²) in [6, 6.07) is 21.7. The summed E-state index contributed by atoms with van der Waals surface area (Å²) in [6.45, 7) is 0.440. The topological polar surface area (TPSA) is 73.7 Å². The summed E-state index contributed by atoms with van der Waals surface area (Å²) in [6.07, 6.45) is 7.72. The Morgan fingerprint density at radius 3 is 2.41 bits per heavy atom. The van der Waals surface area contributed by atoms with Gasteiger partial charge < -0.3 is 14.9 Å². The van der Waals surface area contributed by atoms with E-state index in [4.69, 9.17) is 0 Å². The predicted octanol–water partition coefficient (Wildman–Crippen LogP) is 2.99. The molecule has 2 fully saturated rings. The molecule has 2 aliphatic heterocycles. The maximum atomic E-state index is 12.9. The van der Waals surface area contributed by atoms with E-state index in [1.807, 2.05) is 24.3 Å². The molecule has 0 spiro atoms. The third-order valence-electron chi connectivity index (χ3n) is 6.77. The second-order valence-corrected chi connectivity index (χ2v) is 8.87. The van der Waals surface area contributed by atoms with E-state index in [1.165, 1.54) is 0 Å². The van der Waals surface area contributed by atoms with Gasteiger partial charge in [-0.15, -0.1) is 0 Å². The third kappa shape index (κ3) is 4.37. The highest BCUT2D eigenvalue weighted by Crippen LogP contribution is 2.43. The summed E-state index contributed by atoms with van der Waals surface area (Å²) >= 11 is 0. The average Bonchev–Trinajstić information content (AvgIpc) is 2.86. The minimum Gasteiger partial charge on any atom is -0.394 e. The molecule has 2 saturated heterocycles. The molecule has 0 unspecified atom stereocenters. The largest absolute Gasteiger partial charge is 0.394 e. The Bertz CT molecular complexity index is 1180. The summed E-state index contributed by atoms with van der Waals surface area (Å²) in [4.78, 5) is 33.2. The quantitative estimate of drug-likeness (QED) is 0.583. The van der Waals surface area contributed by atoms with Crippen LogP contribution >= 0.6 is 0 Å². The number of benzene rings is 2. The van der Waals surface area contributed by atoms with Crippen molar-refractivity contribution in [3.05, 3.63) is 101 Å². The summed E-state index contributed by atoms with van der Waals surface area (Å²) in [5.74, 6) is -0.183. The van der Waals surface area contributed by atoms with E-state index in [0.717, 1.165) is 22.3 Å². The Morgan fingerprint density at radius 2 is 1.74 bits per heavy atom. The first-order valence-corrected chi connectivity index (χ1v) is 11.6. The van der Waals surface area contributed by atoms with E-state index in [0.29, 0.717) is 6.54 Å². The van der Waals surface area contributed by atoms with Crippen LogP contribution in [0.4, 0.5) is 0 Å². The molecule has 3 aromatic rings. The highest BCUT2D eigenvalue weighted by atomic mass is 16.3. The van der Waals surface area contributed by atoms with Gasteiger partial charge >= 0.3 is 0 Å². The molecule has 6 heteroatoms. The highest BCUT2D eigenvalue weighted by molar-refractivity contribution is 5.88. The third-order valence-corrected chi connectivity index (χ3v) is 6.77. The minimum atomic E-state index is -0.251. The second kappa shape index (κ2) is 9.61. The molecule has 2 amide bonds. The second-order valence-electron chi connectivity index (χ2n) is 8.87. The number of nitrogens with zero attached hydrogens (tertiary/aromatic N) is 3. The number of carbonyl (C=O) groups is 2. The van der Waals surface area contributed by atoms with E-state index in [2.05, 4.69) is 53.5 Å². The Hall–Kier alpha value is -3.77. The van der Waals surface area contributed by atoms with Gasteiger partial charge in [-0.25, -0.2) is 0 Å². The van der Waals surface area contributed by atoms with E-state index in [-0.39, 0.29) is 49.4 Å². The number of aliphatic hydroxyl groups is 1. The van der Waals surface area contributed by atoms with Crippen LogP contribution in [0.5, 0.6) is 0 Å². The molecule has 1 N–H and O–H groups in total. The van der Waals surface area contributed by atoms with Crippen molar-refractivity contribution >= 4 is 24.0 Å². The Labute approximate surface area is 199 Å². The van der Waals surface area contributed by atoms with Gasteiger partial charge in [0.05, 0.1) is 31.7 Å². The van der Waals surface area contributed by atoms with Crippen molar-refractivity contribution < 1.29 is 14.7 Å². The van der Waals surface area contributed by atoms with Gasteiger partial charge in [0.15, 0.2) is 0 Å². The normalized spacial score (nSPS) is 21.9. The predicted molar refractivity (Wildman–Crippen MR) is 131 cm³/mol. The summed E-state index contributed by atoms with van der Waals surface area (Å²) < 4.78 is 0. The lowest BCUT2D eigenvalue weighted by Crippen LogP contribution is -2.73. The highest BCUT2D eigenvalue weighted by Gasteiger charge is 2.54. The maximum Gasteiger partial charge on any atom is 0.242 e. The molecule has 2 aromatic carbocycles. The van der Waals surface area contributed by atoms with Crippen molar-refractivity contribution in [1.82, 2.24) is 14.8 Å². The van der Waals surface area contributed by atoms with Crippen molar-refractivity contribution in [2.45, 2.75) is 24.4 Å². The van der Waals surface area contributed by atoms with E-state index in [1.54, 1.807) is 28.3 Å². The number of pyridine rings is 1. The standard InChI is InChI=1S/C28H27N3O3/c32-19-25-28(23-12-10-21(11-13-23)9-8-20-5-2-1-3-6-20)24-17-30(18-27(34)31(24)25)26(33)15-22-7-4-14-29-16-22/h1-14,16,24-25,28,32H,15,17-19H2/b9-8+/t24-,25+,28-/m1/s1. The zero-order valence-electron chi connectivity index (χ0n) is 18.8. The number of aliphatic hydroxyl groups excluding tert-OH is 1. The van der Waals surface area contributed by atoms with Crippen LogP contribution in [0.15, 0.2) is 79.1 Å². The van der Waals surface area contributed by atoms with Gasteiger partial charge in [0.1, 0.15) is 0 Å². The van der Waals surface area contributed by atoms with Crippen LogP contribution in [0.3, 0.4) is 0 Å². The fraction of sp³-hybridized carbons (Fsp3) is 0.250. The van der Waals surface area contributed by atoms with Gasteiger partial charge in [0, 0.05) is 24.9 Å². The molecule has 0 saturated carbocycles. The fourth-order valence-corrected chi connectivity index (χ4v) is 5.06. The number of piperazine rings is 1. The molecule has 0 radical (unpaired) electrons. The molecule has 0 bridgehead atoms. The number of fused-ring (bicyclic) bond motifs is 1. The molecular formula is C28H27N3O3. The Balaban J connectivity index is 1.30. The van der Waals surface area contributed by atoms with Crippen LogP contribution in [0.1, 0.15) is 28.2 Å². The van der Waals surface area contributed by atoms with Crippen LogP contribution in [0, 0.1) is 0 Å². The smallest absolute Gasteiger partial charge is 0.242 e. The van der Waals surface area contributed by atoms with Gasteiger partial charge in [0.25, 0.3) is 0 Å². The van der Waals surface area contributed by atoms with E-state index in [9.17, 15) is 14.7 Å². The lowest BCUT2D eigenvalue weighted by atomic mass is 9.73. The molecule has 3 heterocycles. The number of rotatable bonds is 6. The van der Waals surface area contributed by atoms with Crippen molar-refractivity contribution in [2.75, 3.05) is 19.7 Å². The summed E-state index contributed by atoms with van der Waals surface area (Å²) in [5, 5.41) is 10.0. The SMILES string of the molecule is O=C(Cc1cccnc1)N1CC(=O)N2[C@H](C1)[C@@H](c1ccc(/C=C/c3ccccc3)cc1)[C@@H]2CO. The molecule has 34 heavy (non-hydrogen) atoms. The molecule has 2 aliphatic rings. The van der Waals surface area contributed by atoms with Crippen molar-refractivity contribution in [3.8, 4) is 0 Å². The molecule has 1 aromatic heterocycles. The lowest BCUT2D eigenvalue weighted by Gasteiger charge is -2.58. The van der Waals surface area contributed by atoms with Crippen LogP contribution in [0.2, 0.25) is 0 Å². The maximum absolute atomic E-state index is 12.9.